The van der Waals surface area contributed by atoms with E-state index in [0.29, 0.717) is 40.7 Å². The second-order valence-corrected chi connectivity index (χ2v) is 9.06. The molecule has 0 spiro atoms. The first-order chi connectivity index (χ1) is 16.6. The van der Waals surface area contributed by atoms with Crippen LogP contribution < -0.4 is 5.32 Å². The molecule has 2 unspecified atom stereocenters. The highest BCUT2D eigenvalue weighted by Crippen LogP contribution is 2.48. The van der Waals surface area contributed by atoms with Crippen molar-refractivity contribution in [1.29, 1.82) is 0 Å². The fourth-order valence-electron chi connectivity index (χ4n) is 5.14. The SMILES string of the molecule is Cc1ncc(C(=O)N2C3CC3C[C@H]2CNC(=O)c2cccc3occc23)c(-c2ccccc2)n1. The summed E-state index contributed by atoms with van der Waals surface area (Å²) in [7, 11) is 0. The zero-order valence-electron chi connectivity index (χ0n) is 18.8. The average Bonchev–Trinajstić information content (AvgIpc) is 3.27. The van der Waals surface area contributed by atoms with E-state index in [2.05, 4.69) is 15.3 Å². The third-order valence-electron chi connectivity index (χ3n) is 6.87. The number of carbonyl (C=O) groups excluding carboxylic acids is 2. The highest BCUT2D eigenvalue weighted by molar-refractivity contribution is 6.06. The first-order valence-electron chi connectivity index (χ1n) is 11.6. The van der Waals surface area contributed by atoms with Crippen LogP contribution >= 0.6 is 0 Å². The molecule has 1 saturated carbocycles. The lowest BCUT2D eigenvalue weighted by Gasteiger charge is -2.28. The molecular weight excluding hydrogens is 428 g/mol. The Bertz CT molecular complexity index is 1400. The normalized spacial score (nSPS) is 20.9. The fraction of sp³-hybridized carbons (Fsp3) is 0.259. The van der Waals surface area contributed by atoms with Crippen LogP contribution in [0.1, 0.15) is 39.4 Å². The van der Waals surface area contributed by atoms with E-state index in [4.69, 9.17) is 4.42 Å². The second kappa shape index (κ2) is 8.09. The van der Waals surface area contributed by atoms with Crippen molar-refractivity contribution in [1.82, 2.24) is 20.2 Å². The Kier molecular flexibility index (Phi) is 4.90. The first kappa shape index (κ1) is 20.6. The Labute approximate surface area is 196 Å². The van der Waals surface area contributed by atoms with Gasteiger partial charge in [-0.1, -0.05) is 36.4 Å². The molecule has 34 heavy (non-hydrogen) atoms. The van der Waals surface area contributed by atoms with Crippen molar-refractivity contribution in [3.05, 3.63) is 84.0 Å². The Hall–Kier alpha value is -4.00. The third kappa shape index (κ3) is 3.53. The van der Waals surface area contributed by atoms with Gasteiger partial charge in [-0.2, -0.15) is 0 Å². The van der Waals surface area contributed by atoms with Gasteiger partial charge in [0, 0.05) is 29.7 Å². The van der Waals surface area contributed by atoms with E-state index in [1.54, 1.807) is 24.6 Å². The lowest BCUT2D eigenvalue weighted by Crippen LogP contribution is -2.45. The number of rotatable bonds is 5. The number of piperidine rings is 1. The Balaban J connectivity index is 1.24. The van der Waals surface area contributed by atoms with Crippen LogP contribution in [0.25, 0.3) is 22.2 Å². The molecule has 2 amide bonds. The topological polar surface area (TPSA) is 88.3 Å². The van der Waals surface area contributed by atoms with Crippen LogP contribution in [-0.2, 0) is 0 Å². The summed E-state index contributed by atoms with van der Waals surface area (Å²) in [6.45, 7) is 2.23. The average molecular weight is 453 g/mol. The van der Waals surface area contributed by atoms with Crippen molar-refractivity contribution >= 4 is 22.8 Å². The van der Waals surface area contributed by atoms with E-state index in [-0.39, 0.29) is 23.9 Å². The molecule has 1 saturated heterocycles. The van der Waals surface area contributed by atoms with Crippen molar-refractivity contribution < 1.29 is 14.0 Å². The zero-order valence-corrected chi connectivity index (χ0v) is 18.8. The molecule has 1 N–H and O–H groups in total. The molecule has 4 aromatic rings. The van der Waals surface area contributed by atoms with Gasteiger partial charge in [-0.15, -0.1) is 0 Å². The summed E-state index contributed by atoms with van der Waals surface area (Å²) >= 11 is 0. The highest BCUT2D eigenvalue weighted by atomic mass is 16.3. The van der Waals surface area contributed by atoms with Crippen molar-refractivity contribution in [3.8, 4) is 11.3 Å². The summed E-state index contributed by atoms with van der Waals surface area (Å²) < 4.78 is 5.42. The summed E-state index contributed by atoms with van der Waals surface area (Å²) in [6.07, 6.45) is 5.12. The van der Waals surface area contributed by atoms with Crippen LogP contribution in [0, 0.1) is 12.8 Å². The number of carbonyl (C=O) groups is 2. The quantitative estimate of drug-likeness (QED) is 0.490. The highest BCUT2D eigenvalue weighted by Gasteiger charge is 2.54. The van der Waals surface area contributed by atoms with Gasteiger partial charge in [0.15, 0.2) is 0 Å². The van der Waals surface area contributed by atoms with Crippen molar-refractivity contribution in [2.24, 2.45) is 5.92 Å². The van der Waals surface area contributed by atoms with Gasteiger partial charge in [0.05, 0.1) is 29.1 Å². The van der Waals surface area contributed by atoms with E-state index >= 15 is 0 Å². The van der Waals surface area contributed by atoms with Gasteiger partial charge in [0.1, 0.15) is 11.4 Å². The number of benzene rings is 2. The number of aryl methyl sites for hydroxylation is 1. The number of amides is 2. The summed E-state index contributed by atoms with van der Waals surface area (Å²) in [6, 6.07) is 17.1. The fourth-order valence-corrected chi connectivity index (χ4v) is 5.14. The Morgan fingerprint density at radius 2 is 1.91 bits per heavy atom. The van der Waals surface area contributed by atoms with E-state index in [0.717, 1.165) is 23.8 Å². The number of furan rings is 1. The van der Waals surface area contributed by atoms with Crippen molar-refractivity contribution in [2.75, 3.05) is 6.54 Å². The molecule has 0 bridgehead atoms. The maximum absolute atomic E-state index is 13.8. The second-order valence-electron chi connectivity index (χ2n) is 9.06. The lowest BCUT2D eigenvalue weighted by atomic mass is 10.0. The zero-order chi connectivity index (χ0) is 23.2. The molecule has 7 nitrogen and oxygen atoms in total. The molecule has 3 atom stereocenters. The molecule has 3 heterocycles. The van der Waals surface area contributed by atoms with Gasteiger partial charge in [-0.3, -0.25) is 9.59 Å². The number of hydrogen-bond donors (Lipinski definition) is 1. The largest absolute Gasteiger partial charge is 0.464 e. The van der Waals surface area contributed by atoms with Gasteiger partial charge >= 0.3 is 0 Å². The maximum Gasteiger partial charge on any atom is 0.258 e. The van der Waals surface area contributed by atoms with Crippen LogP contribution in [0.5, 0.6) is 0 Å². The molecular formula is C27H24N4O3. The maximum atomic E-state index is 13.8. The number of hydrogen-bond acceptors (Lipinski definition) is 5. The van der Waals surface area contributed by atoms with Gasteiger partial charge in [-0.25, -0.2) is 9.97 Å². The molecule has 2 fully saturated rings. The Morgan fingerprint density at radius 1 is 1.06 bits per heavy atom. The van der Waals surface area contributed by atoms with E-state index < -0.39 is 0 Å². The lowest BCUT2D eigenvalue weighted by molar-refractivity contribution is 0.0689. The van der Waals surface area contributed by atoms with Crippen LogP contribution in [-0.4, -0.2) is 45.3 Å². The number of fused-ring (bicyclic) bond motifs is 2. The van der Waals surface area contributed by atoms with Crippen LogP contribution in [0.2, 0.25) is 0 Å². The summed E-state index contributed by atoms with van der Waals surface area (Å²) in [4.78, 5) is 37.6. The van der Waals surface area contributed by atoms with Crippen LogP contribution in [0.4, 0.5) is 0 Å². The molecule has 1 aliphatic carbocycles. The molecule has 0 radical (unpaired) electrons. The molecule has 170 valence electrons. The third-order valence-corrected chi connectivity index (χ3v) is 6.87. The smallest absolute Gasteiger partial charge is 0.258 e. The molecule has 2 aliphatic rings. The molecule has 1 aliphatic heterocycles. The van der Waals surface area contributed by atoms with E-state index in [1.807, 2.05) is 54.3 Å². The van der Waals surface area contributed by atoms with Gasteiger partial charge < -0.3 is 14.6 Å². The number of aromatic nitrogens is 2. The molecule has 2 aromatic heterocycles. The van der Waals surface area contributed by atoms with E-state index in [9.17, 15) is 9.59 Å². The number of likely N-dealkylation sites (tertiary alicyclic amines) is 1. The minimum absolute atomic E-state index is 0.0614. The number of nitrogens with one attached hydrogen (secondary N) is 1. The molecule has 7 heteroatoms. The van der Waals surface area contributed by atoms with E-state index in [1.165, 1.54) is 0 Å². The Morgan fingerprint density at radius 3 is 2.76 bits per heavy atom. The predicted octanol–water partition coefficient (Wildman–Crippen LogP) is 4.23. The van der Waals surface area contributed by atoms with Crippen LogP contribution in [0.3, 0.4) is 0 Å². The summed E-state index contributed by atoms with van der Waals surface area (Å²) in [5.41, 5.74) is 3.30. The van der Waals surface area contributed by atoms with Gasteiger partial charge in [-0.05, 0) is 43.9 Å². The monoisotopic (exact) mass is 452 g/mol. The standard InChI is InChI=1S/C27H24N4O3/c1-16-28-15-22(25(30-16)17-6-3-2-4-7-17)27(33)31-19(12-18-13-23(18)31)14-29-26(32)21-8-5-9-24-20(21)10-11-34-24/h2-11,15,18-19,23H,12-14H2,1H3,(H,29,32)/t18?,19-,23?/m0/s1. The van der Waals surface area contributed by atoms with Crippen molar-refractivity contribution in [2.45, 2.75) is 31.8 Å². The van der Waals surface area contributed by atoms with Crippen molar-refractivity contribution in [3.63, 3.8) is 0 Å². The summed E-state index contributed by atoms with van der Waals surface area (Å²) in [5.74, 6) is 0.886. The first-order valence-corrected chi connectivity index (χ1v) is 11.6. The molecule has 2 aromatic carbocycles. The minimum atomic E-state index is -0.163. The van der Waals surface area contributed by atoms with Gasteiger partial charge in [0.2, 0.25) is 0 Å². The summed E-state index contributed by atoms with van der Waals surface area (Å²) in [5, 5.41) is 3.83. The number of nitrogens with zero attached hydrogens (tertiary/aromatic N) is 3. The predicted molar refractivity (Wildman–Crippen MR) is 127 cm³/mol. The van der Waals surface area contributed by atoms with Gasteiger partial charge in [0.25, 0.3) is 11.8 Å². The molecule has 6 rings (SSSR count). The van der Waals surface area contributed by atoms with Crippen LogP contribution in [0.15, 0.2) is 71.5 Å². The minimum Gasteiger partial charge on any atom is -0.464 e.